The minimum Gasteiger partial charge on any atom is -0.339 e. The molecule has 0 radical (unpaired) electrons. The van der Waals surface area contributed by atoms with Crippen LogP contribution in [0.2, 0.25) is 0 Å². The maximum atomic E-state index is 12.0. The van der Waals surface area contributed by atoms with Gasteiger partial charge in [0.15, 0.2) is 0 Å². The van der Waals surface area contributed by atoms with Gasteiger partial charge in [0.25, 0.3) is 0 Å². The Morgan fingerprint density at radius 1 is 1.29 bits per heavy atom. The second-order valence-electron chi connectivity index (χ2n) is 5.37. The van der Waals surface area contributed by atoms with Crippen molar-refractivity contribution in [2.75, 3.05) is 33.2 Å². The molecule has 1 N–H and O–H groups in total. The van der Waals surface area contributed by atoms with E-state index in [1.165, 1.54) is 25.7 Å². The number of carbonyl (C=O) groups is 1. The highest BCUT2D eigenvalue weighted by Gasteiger charge is 2.31. The van der Waals surface area contributed by atoms with Gasteiger partial charge in [-0.1, -0.05) is 0 Å². The van der Waals surface area contributed by atoms with Gasteiger partial charge in [0.05, 0.1) is 6.54 Å². The lowest BCUT2D eigenvalue weighted by Crippen LogP contribution is -2.46. The van der Waals surface area contributed by atoms with E-state index in [0.29, 0.717) is 18.6 Å². The average Bonchev–Trinajstić information content (AvgIpc) is 3.14. The Morgan fingerprint density at radius 3 is 2.47 bits per heavy atom. The standard InChI is InChI=1S/C13H25N3O/c1-3-16(12-4-5-12)13(17)10-14-11-6-8-15(2)9-7-11/h11-12,14H,3-10H2,1-2H3. The molecule has 1 saturated carbocycles. The molecule has 4 heteroatoms. The van der Waals surface area contributed by atoms with Crippen molar-refractivity contribution < 1.29 is 4.79 Å². The number of nitrogens with zero attached hydrogens (tertiary/aromatic N) is 2. The molecule has 0 aromatic carbocycles. The number of hydrogen-bond acceptors (Lipinski definition) is 3. The zero-order valence-corrected chi connectivity index (χ0v) is 11.1. The molecule has 98 valence electrons. The van der Waals surface area contributed by atoms with E-state index in [9.17, 15) is 4.79 Å². The van der Waals surface area contributed by atoms with Crippen LogP contribution in [0.25, 0.3) is 0 Å². The van der Waals surface area contributed by atoms with Crippen LogP contribution in [-0.4, -0.2) is 61.0 Å². The Bertz CT molecular complexity index is 257. The number of likely N-dealkylation sites (N-methyl/N-ethyl adjacent to an activating group) is 1. The van der Waals surface area contributed by atoms with E-state index in [2.05, 4.69) is 24.2 Å². The van der Waals surface area contributed by atoms with Gasteiger partial charge in [-0.25, -0.2) is 0 Å². The summed E-state index contributed by atoms with van der Waals surface area (Å²) in [4.78, 5) is 16.4. The second kappa shape index (κ2) is 5.83. The average molecular weight is 239 g/mol. The number of hydrogen-bond donors (Lipinski definition) is 1. The van der Waals surface area contributed by atoms with E-state index in [1.54, 1.807) is 0 Å². The van der Waals surface area contributed by atoms with Crippen LogP contribution in [0.15, 0.2) is 0 Å². The van der Waals surface area contributed by atoms with Crippen LogP contribution < -0.4 is 5.32 Å². The summed E-state index contributed by atoms with van der Waals surface area (Å²) in [5.41, 5.74) is 0. The predicted octanol–water partition coefficient (Wildman–Crippen LogP) is 0.681. The molecule has 2 aliphatic rings. The number of nitrogens with one attached hydrogen (secondary N) is 1. The maximum Gasteiger partial charge on any atom is 0.236 e. The lowest BCUT2D eigenvalue weighted by atomic mass is 10.1. The molecule has 1 aliphatic heterocycles. The Labute approximate surface area is 104 Å². The van der Waals surface area contributed by atoms with Crippen molar-refractivity contribution in [3.05, 3.63) is 0 Å². The van der Waals surface area contributed by atoms with Crippen molar-refractivity contribution in [2.24, 2.45) is 0 Å². The zero-order chi connectivity index (χ0) is 12.3. The quantitative estimate of drug-likeness (QED) is 0.766. The first-order valence-electron chi connectivity index (χ1n) is 6.92. The van der Waals surface area contributed by atoms with Gasteiger partial charge in [-0.05, 0) is 52.7 Å². The molecular formula is C13H25N3O. The lowest BCUT2D eigenvalue weighted by molar-refractivity contribution is -0.130. The van der Waals surface area contributed by atoms with Gasteiger partial charge in [-0.15, -0.1) is 0 Å². The van der Waals surface area contributed by atoms with Crippen molar-refractivity contribution in [3.63, 3.8) is 0 Å². The van der Waals surface area contributed by atoms with Crippen molar-refractivity contribution in [3.8, 4) is 0 Å². The molecule has 1 amide bonds. The summed E-state index contributed by atoms with van der Waals surface area (Å²) in [5.74, 6) is 0.286. The van der Waals surface area contributed by atoms with Gasteiger partial charge in [-0.2, -0.15) is 0 Å². The van der Waals surface area contributed by atoms with Crippen molar-refractivity contribution in [1.29, 1.82) is 0 Å². The smallest absolute Gasteiger partial charge is 0.236 e. The van der Waals surface area contributed by atoms with E-state index in [4.69, 9.17) is 0 Å². The fourth-order valence-electron chi connectivity index (χ4n) is 2.57. The topological polar surface area (TPSA) is 35.6 Å². The largest absolute Gasteiger partial charge is 0.339 e. The van der Waals surface area contributed by atoms with Gasteiger partial charge in [0.1, 0.15) is 0 Å². The number of likely N-dealkylation sites (tertiary alicyclic amines) is 1. The third-order valence-electron chi connectivity index (χ3n) is 3.91. The molecule has 2 fully saturated rings. The van der Waals surface area contributed by atoms with E-state index in [-0.39, 0.29) is 5.91 Å². The molecule has 0 aromatic heterocycles. The van der Waals surface area contributed by atoms with Crippen LogP contribution in [0, 0.1) is 0 Å². The molecule has 0 atom stereocenters. The minimum absolute atomic E-state index is 0.286. The first kappa shape index (κ1) is 12.8. The molecule has 17 heavy (non-hydrogen) atoms. The highest BCUT2D eigenvalue weighted by molar-refractivity contribution is 5.78. The summed E-state index contributed by atoms with van der Waals surface area (Å²) in [6.45, 7) is 5.75. The first-order chi connectivity index (χ1) is 8.20. The van der Waals surface area contributed by atoms with Gasteiger partial charge in [0.2, 0.25) is 5.91 Å². The fraction of sp³-hybridized carbons (Fsp3) is 0.923. The zero-order valence-electron chi connectivity index (χ0n) is 11.1. The molecule has 0 unspecified atom stereocenters. The highest BCUT2D eigenvalue weighted by Crippen LogP contribution is 2.26. The van der Waals surface area contributed by atoms with Gasteiger partial charge in [-0.3, -0.25) is 4.79 Å². The lowest BCUT2D eigenvalue weighted by Gasteiger charge is -2.30. The SMILES string of the molecule is CCN(C(=O)CNC1CCN(C)CC1)C1CC1. The van der Waals surface area contributed by atoms with Crippen LogP contribution in [0.3, 0.4) is 0 Å². The summed E-state index contributed by atoms with van der Waals surface area (Å²) in [5, 5.41) is 3.42. The molecular weight excluding hydrogens is 214 g/mol. The number of piperidine rings is 1. The second-order valence-corrected chi connectivity index (χ2v) is 5.37. The van der Waals surface area contributed by atoms with Gasteiger partial charge in [0, 0.05) is 18.6 Å². The van der Waals surface area contributed by atoms with E-state index >= 15 is 0 Å². The Morgan fingerprint density at radius 2 is 1.94 bits per heavy atom. The number of amides is 1. The summed E-state index contributed by atoms with van der Waals surface area (Å²) >= 11 is 0. The minimum atomic E-state index is 0.286. The highest BCUT2D eigenvalue weighted by atomic mass is 16.2. The Hall–Kier alpha value is -0.610. The van der Waals surface area contributed by atoms with E-state index in [0.717, 1.165) is 19.6 Å². The molecule has 1 aliphatic carbocycles. The van der Waals surface area contributed by atoms with E-state index < -0.39 is 0 Å². The molecule has 0 aromatic rings. The normalized spacial score (nSPS) is 22.7. The maximum absolute atomic E-state index is 12.0. The van der Waals surface area contributed by atoms with Gasteiger partial charge >= 0.3 is 0 Å². The summed E-state index contributed by atoms with van der Waals surface area (Å²) in [6.07, 6.45) is 4.74. The fourth-order valence-corrected chi connectivity index (χ4v) is 2.57. The first-order valence-corrected chi connectivity index (χ1v) is 6.92. The molecule has 1 heterocycles. The summed E-state index contributed by atoms with van der Waals surface area (Å²) in [7, 11) is 2.16. The predicted molar refractivity (Wildman–Crippen MR) is 68.9 cm³/mol. The van der Waals surface area contributed by atoms with Gasteiger partial charge < -0.3 is 15.1 Å². The van der Waals surface area contributed by atoms with Crippen LogP contribution in [-0.2, 0) is 4.79 Å². The molecule has 2 rings (SSSR count). The molecule has 4 nitrogen and oxygen atoms in total. The van der Waals surface area contributed by atoms with Crippen LogP contribution in [0.1, 0.15) is 32.6 Å². The monoisotopic (exact) mass is 239 g/mol. The Kier molecular flexibility index (Phi) is 4.40. The van der Waals surface area contributed by atoms with Crippen LogP contribution in [0.5, 0.6) is 0 Å². The third-order valence-corrected chi connectivity index (χ3v) is 3.91. The van der Waals surface area contributed by atoms with Crippen molar-refractivity contribution >= 4 is 5.91 Å². The van der Waals surface area contributed by atoms with Crippen LogP contribution in [0.4, 0.5) is 0 Å². The van der Waals surface area contributed by atoms with Crippen molar-refractivity contribution in [1.82, 2.24) is 15.1 Å². The van der Waals surface area contributed by atoms with E-state index in [1.807, 2.05) is 4.90 Å². The summed E-state index contributed by atoms with van der Waals surface area (Å²) < 4.78 is 0. The number of carbonyl (C=O) groups excluding carboxylic acids is 1. The molecule has 0 spiro atoms. The summed E-state index contributed by atoms with van der Waals surface area (Å²) in [6, 6.07) is 1.08. The van der Waals surface area contributed by atoms with Crippen LogP contribution >= 0.6 is 0 Å². The van der Waals surface area contributed by atoms with Crippen molar-refractivity contribution in [2.45, 2.75) is 44.7 Å². The third kappa shape index (κ3) is 3.68. The Balaban J connectivity index is 1.68. The molecule has 1 saturated heterocycles. The molecule has 0 bridgehead atoms. The number of rotatable bonds is 5.